The Bertz CT molecular complexity index is 93.4. The molecule has 0 N–H and O–H groups in total. The van der Waals surface area contributed by atoms with Crippen molar-refractivity contribution in [1.29, 1.82) is 0 Å². The van der Waals surface area contributed by atoms with Crippen LogP contribution in [-0.2, 0) is 9.47 Å². The first kappa shape index (κ1) is 8.02. The van der Waals surface area contributed by atoms with Crippen LogP contribution < -0.4 is 0 Å². The molecule has 0 saturated carbocycles. The number of rotatable bonds is 2. The van der Waals surface area contributed by atoms with Gasteiger partial charge in [0.25, 0.3) is 0 Å². The van der Waals surface area contributed by atoms with E-state index in [4.69, 9.17) is 9.47 Å². The van der Waals surface area contributed by atoms with Gasteiger partial charge in [-0.05, 0) is 20.3 Å². The lowest BCUT2D eigenvalue weighted by Gasteiger charge is -2.06. The topological polar surface area (TPSA) is 18.5 Å². The Hall–Kier alpha value is -0.0800. The molecule has 1 fully saturated rings. The van der Waals surface area contributed by atoms with Gasteiger partial charge in [0.1, 0.15) is 0 Å². The van der Waals surface area contributed by atoms with Gasteiger partial charge in [-0.1, -0.05) is 13.3 Å². The molecule has 60 valence electrons. The van der Waals surface area contributed by atoms with Crippen LogP contribution in [0.25, 0.3) is 0 Å². The van der Waals surface area contributed by atoms with E-state index in [0.717, 1.165) is 12.8 Å². The fourth-order valence-electron chi connectivity index (χ4n) is 1.10. The third-order valence-electron chi connectivity index (χ3n) is 1.92. The number of hydrogen-bond donors (Lipinski definition) is 0. The molecule has 0 radical (unpaired) electrons. The first-order valence-corrected chi connectivity index (χ1v) is 4.05. The van der Waals surface area contributed by atoms with Gasteiger partial charge in [0.05, 0.1) is 12.2 Å². The maximum absolute atomic E-state index is 5.49. The summed E-state index contributed by atoms with van der Waals surface area (Å²) in [5, 5.41) is 0. The summed E-state index contributed by atoms with van der Waals surface area (Å²) in [7, 11) is 0. The van der Waals surface area contributed by atoms with Crippen molar-refractivity contribution < 1.29 is 9.47 Å². The molecule has 1 aliphatic heterocycles. The molecule has 1 saturated heterocycles. The fraction of sp³-hybridized carbons (Fsp3) is 1.00. The van der Waals surface area contributed by atoms with Gasteiger partial charge in [-0.25, -0.2) is 0 Å². The Morgan fingerprint density at radius 3 is 2.00 bits per heavy atom. The highest BCUT2D eigenvalue weighted by Crippen LogP contribution is 2.20. The standard InChI is InChI=1S/C8H16O2/c1-4-5-8-9-6(2)7(3)10-8/h6-8H,4-5H2,1-3H3/t6-,7-/m0/s1. The summed E-state index contributed by atoms with van der Waals surface area (Å²) in [6.07, 6.45) is 2.77. The average molecular weight is 144 g/mol. The van der Waals surface area contributed by atoms with E-state index in [0.29, 0.717) is 0 Å². The molecule has 1 aliphatic rings. The van der Waals surface area contributed by atoms with E-state index in [-0.39, 0.29) is 18.5 Å². The zero-order valence-electron chi connectivity index (χ0n) is 6.96. The van der Waals surface area contributed by atoms with Crippen LogP contribution in [0.2, 0.25) is 0 Å². The quantitative estimate of drug-likeness (QED) is 0.589. The third-order valence-corrected chi connectivity index (χ3v) is 1.92. The van der Waals surface area contributed by atoms with E-state index >= 15 is 0 Å². The number of hydrogen-bond acceptors (Lipinski definition) is 2. The van der Waals surface area contributed by atoms with Gasteiger partial charge >= 0.3 is 0 Å². The summed E-state index contributed by atoms with van der Waals surface area (Å²) < 4.78 is 11.0. The summed E-state index contributed by atoms with van der Waals surface area (Å²) in [4.78, 5) is 0. The lowest BCUT2D eigenvalue weighted by Crippen LogP contribution is -2.13. The van der Waals surface area contributed by atoms with Gasteiger partial charge in [-0.3, -0.25) is 0 Å². The van der Waals surface area contributed by atoms with Gasteiger partial charge in [-0.15, -0.1) is 0 Å². The smallest absolute Gasteiger partial charge is 0.158 e. The van der Waals surface area contributed by atoms with Crippen LogP contribution in [0.1, 0.15) is 33.6 Å². The second-order valence-electron chi connectivity index (χ2n) is 2.90. The third kappa shape index (κ3) is 1.70. The van der Waals surface area contributed by atoms with Crippen molar-refractivity contribution in [3.63, 3.8) is 0 Å². The Labute approximate surface area is 62.5 Å². The van der Waals surface area contributed by atoms with Crippen LogP contribution in [0.3, 0.4) is 0 Å². The zero-order chi connectivity index (χ0) is 7.56. The SMILES string of the molecule is CCCC1O[C@@H](C)[C@H](C)O1. The summed E-state index contributed by atoms with van der Waals surface area (Å²) in [5.41, 5.74) is 0. The minimum Gasteiger partial charge on any atom is -0.347 e. The van der Waals surface area contributed by atoms with Crippen molar-refractivity contribution >= 4 is 0 Å². The highest BCUT2D eigenvalue weighted by Gasteiger charge is 2.28. The van der Waals surface area contributed by atoms with Crippen LogP contribution in [0.15, 0.2) is 0 Å². The molecule has 0 unspecified atom stereocenters. The molecule has 0 spiro atoms. The molecule has 1 heterocycles. The van der Waals surface area contributed by atoms with Crippen molar-refractivity contribution in [3.05, 3.63) is 0 Å². The van der Waals surface area contributed by atoms with Crippen LogP contribution in [0, 0.1) is 0 Å². The predicted molar refractivity (Wildman–Crippen MR) is 39.8 cm³/mol. The largest absolute Gasteiger partial charge is 0.347 e. The van der Waals surface area contributed by atoms with Crippen molar-refractivity contribution in [3.8, 4) is 0 Å². The molecule has 0 aliphatic carbocycles. The van der Waals surface area contributed by atoms with Crippen molar-refractivity contribution in [2.24, 2.45) is 0 Å². The monoisotopic (exact) mass is 144 g/mol. The molecular weight excluding hydrogens is 128 g/mol. The van der Waals surface area contributed by atoms with Gasteiger partial charge < -0.3 is 9.47 Å². The predicted octanol–water partition coefficient (Wildman–Crippen LogP) is 1.94. The molecular formula is C8H16O2. The Morgan fingerprint density at radius 2 is 1.60 bits per heavy atom. The van der Waals surface area contributed by atoms with E-state index in [1.54, 1.807) is 0 Å². The molecule has 0 bridgehead atoms. The van der Waals surface area contributed by atoms with Crippen LogP contribution in [-0.4, -0.2) is 18.5 Å². The summed E-state index contributed by atoms with van der Waals surface area (Å²) in [6.45, 7) is 6.25. The first-order chi connectivity index (χ1) is 4.74. The lowest BCUT2D eigenvalue weighted by molar-refractivity contribution is -0.0670. The average Bonchev–Trinajstić information content (AvgIpc) is 2.14. The minimum atomic E-state index is 0.0648. The van der Waals surface area contributed by atoms with Crippen molar-refractivity contribution in [2.45, 2.75) is 52.1 Å². The van der Waals surface area contributed by atoms with Gasteiger partial charge in [-0.2, -0.15) is 0 Å². The highest BCUT2D eigenvalue weighted by molar-refractivity contribution is 4.68. The minimum absolute atomic E-state index is 0.0648. The van der Waals surface area contributed by atoms with Gasteiger partial charge in [0.2, 0.25) is 0 Å². The molecule has 2 heteroatoms. The lowest BCUT2D eigenvalue weighted by atomic mass is 10.3. The van der Waals surface area contributed by atoms with E-state index in [1.165, 1.54) is 0 Å². The molecule has 1 rings (SSSR count). The maximum atomic E-state index is 5.49. The van der Waals surface area contributed by atoms with Crippen LogP contribution >= 0.6 is 0 Å². The van der Waals surface area contributed by atoms with Crippen molar-refractivity contribution in [2.75, 3.05) is 0 Å². The molecule has 2 atom stereocenters. The normalized spacial score (nSPS) is 35.1. The van der Waals surface area contributed by atoms with E-state index in [9.17, 15) is 0 Å². The second kappa shape index (κ2) is 3.35. The zero-order valence-corrected chi connectivity index (χ0v) is 6.96. The maximum Gasteiger partial charge on any atom is 0.158 e. The summed E-state index contributed by atoms with van der Waals surface area (Å²) >= 11 is 0. The van der Waals surface area contributed by atoms with Crippen molar-refractivity contribution in [1.82, 2.24) is 0 Å². The second-order valence-corrected chi connectivity index (χ2v) is 2.90. The van der Waals surface area contributed by atoms with E-state index < -0.39 is 0 Å². The Kier molecular flexibility index (Phi) is 2.69. The fourth-order valence-corrected chi connectivity index (χ4v) is 1.10. The molecule has 0 amide bonds. The molecule has 10 heavy (non-hydrogen) atoms. The van der Waals surface area contributed by atoms with E-state index in [1.807, 2.05) is 0 Å². The number of ether oxygens (including phenoxy) is 2. The first-order valence-electron chi connectivity index (χ1n) is 4.05. The molecule has 0 aromatic rings. The summed E-state index contributed by atoms with van der Waals surface area (Å²) in [6, 6.07) is 0. The van der Waals surface area contributed by atoms with Gasteiger partial charge in [0, 0.05) is 0 Å². The molecule has 2 nitrogen and oxygen atoms in total. The molecule has 0 aromatic heterocycles. The van der Waals surface area contributed by atoms with E-state index in [2.05, 4.69) is 20.8 Å². The Morgan fingerprint density at radius 1 is 1.10 bits per heavy atom. The summed E-state index contributed by atoms with van der Waals surface area (Å²) in [5.74, 6) is 0. The van der Waals surface area contributed by atoms with Crippen LogP contribution in [0.5, 0.6) is 0 Å². The molecule has 0 aromatic carbocycles. The Balaban J connectivity index is 2.27. The highest BCUT2D eigenvalue weighted by atomic mass is 16.7. The van der Waals surface area contributed by atoms with Gasteiger partial charge in [0.15, 0.2) is 6.29 Å². The van der Waals surface area contributed by atoms with Crippen LogP contribution in [0.4, 0.5) is 0 Å².